The molecule has 5 nitrogen and oxygen atoms in total. The summed E-state index contributed by atoms with van der Waals surface area (Å²) in [5, 5.41) is 33.5. The Balaban J connectivity index is 3.53. The topological polar surface area (TPSA) is 89.8 Å². The van der Waals surface area contributed by atoms with Crippen molar-refractivity contribution in [3.8, 4) is 0 Å². The first kappa shape index (κ1) is 48.3. The van der Waals surface area contributed by atoms with E-state index in [-0.39, 0.29) is 12.5 Å². The molecule has 1 amide bonds. The van der Waals surface area contributed by atoms with Gasteiger partial charge in [0, 0.05) is 6.42 Å². The fourth-order valence-electron chi connectivity index (χ4n) is 7.22. The van der Waals surface area contributed by atoms with Crippen molar-refractivity contribution in [1.82, 2.24) is 5.32 Å². The van der Waals surface area contributed by atoms with E-state index in [1.807, 2.05) is 0 Å². The normalized spacial score (nSPS) is 13.5. The van der Waals surface area contributed by atoms with Gasteiger partial charge in [-0.1, -0.05) is 232 Å². The Bertz CT molecular complexity index is 644. The quantitative estimate of drug-likeness (QED) is 0.0479. The van der Waals surface area contributed by atoms with Gasteiger partial charge in [0.1, 0.15) is 6.10 Å². The molecule has 0 heterocycles. The zero-order chi connectivity index (χ0) is 35.9. The zero-order valence-corrected chi connectivity index (χ0v) is 33.4. The first-order valence-corrected chi connectivity index (χ1v) is 22.3. The Morgan fingerprint density at radius 1 is 0.429 bits per heavy atom. The zero-order valence-electron chi connectivity index (χ0n) is 33.4. The monoisotopic (exact) mass is 696 g/mol. The molecule has 0 saturated heterocycles. The SMILES string of the molecule is CCCCCCCCCCCCCCCCCCCCCCCCCC(=O)N[C@H](CO)[C@H](O)C(O)CCCCCCCCCCCCCC. The van der Waals surface area contributed by atoms with E-state index in [1.54, 1.807) is 0 Å². The highest BCUT2D eigenvalue weighted by Crippen LogP contribution is 2.17. The lowest BCUT2D eigenvalue weighted by Crippen LogP contribution is -2.50. The van der Waals surface area contributed by atoms with Crippen LogP contribution in [0.5, 0.6) is 0 Å². The second kappa shape index (κ2) is 40.1. The number of carbonyl (C=O) groups is 1. The smallest absolute Gasteiger partial charge is 0.220 e. The molecule has 0 aliphatic carbocycles. The van der Waals surface area contributed by atoms with Crippen molar-refractivity contribution < 1.29 is 20.1 Å². The number of aliphatic hydroxyl groups is 3. The maximum absolute atomic E-state index is 12.4. The molecular formula is C44H89NO4. The van der Waals surface area contributed by atoms with Crippen molar-refractivity contribution >= 4 is 5.91 Å². The van der Waals surface area contributed by atoms with E-state index in [9.17, 15) is 20.1 Å². The Hall–Kier alpha value is -0.650. The maximum atomic E-state index is 12.4. The molecule has 0 spiro atoms. The highest BCUT2D eigenvalue weighted by molar-refractivity contribution is 5.76. The van der Waals surface area contributed by atoms with E-state index in [2.05, 4.69) is 19.2 Å². The van der Waals surface area contributed by atoms with Crippen LogP contribution in [0.25, 0.3) is 0 Å². The summed E-state index contributed by atoms with van der Waals surface area (Å²) in [7, 11) is 0. The van der Waals surface area contributed by atoms with Gasteiger partial charge in [-0.25, -0.2) is 0 Å². The molecule has 4 N–H and O–H groups in total. The lowest BCUT2D eigenvalue weighted by molar-refractivity contribution is -0.124. The summed E-state index contributed by atoms with van der Waals surface area (Å²) in [4.78, 5) is 12.4. The molecule has 0 radical (unpaired) electrons. The van der Waals surface area contributed by atoms with E-state index < -0.39 is 18.2 Å². The number of amides is 1. The minimum atomic E-state index is -1.13. The van der Waals surface area contributed by atoms with Crippen molar-refractivity contribution in [2.24, 2.45) is 0 Å². The van der Waals surface area contributed by atoms with Crippen LogP contribution in [0.1, 0.15) is 251 Å². The van der Waals surface area contributed by atoms with Gasteiger partial charge in [0.15, 0.2) is 0 Å². The molecule has 0 aromatic heterocycles. The molecule has 0 saturated carbocycles. The van der Waals surface area contributed by atoms with E-state index in [0.717, 1.165) is 32.1 Å². The summed E-state index contributed by atoms with van der Waals surface area (Å²) in [5.74, 6) is -0.140. The average molecular weight is 696 g/mol. The van der Waals surface area contributed by atoms with Crippen molar-refractivity contribution in [2.45, 2.75) is 270 Å². The molecule has 0 rings (SSSR count). The Kier molecular flexibility index (Phi) is 39.6. The second-order valence-electron chi connectivity index (χ2n) is 15.6. The third-order valence-electron chi connectivity index (χ3n) is 10.7. The van der Waals surface area contributed by atoms with Gasteiger partial charge >= 0.3 is 0 Å². The Morgan fingerprint density at radius 3 is 0.980 bits per heavy atom. The summed E-state index contributed by atoms with van der Waals surface area (Å²) in [6.45, 7) is 4.19. The second-order valence-corrected chi connectivity index (χ2v) is 15.6. The van der Waals surface area contributed by atoms with Crippen LogP contribution in [0.15, 0.2) is 0 Å². The van der Waals surface area contributed by atoms with Gasteiger partial charge in [0.2, 0.25) is 5.91 Å². The van der Waals surface area contributed by atoms with Crippen molar-refractivity contribution in [3.63, 3.8) is 0 Å². The van der Waals surface area contributed by atoms with Gasteiger partial charge in [-0.2, -0.15) is 0 Å². The van der Waals surface area contributed by atoms with E-state index >= 15 is 0 Å². The predicted octanol–water partition coefficient (Wildman–Crippen LogP) is 12.7. The lowest BCUT2D eigenvalue weighted by atomic mass is 9.99. The highest BCUT2D eigenvalue weighted by Gasteiger charge is 2.26. The Morgan fingerprint density at radius 2 is 0.694 bits per heavy atom. The molecule has 1 unspecified atom stereocenters. The molecule has 0 bridgehead atoms. The molecule has 5 heteroatoms. The van der Waals surface area contributed by atoms with Crippen LogP contribution in [-0.4, -0.2) is 46.1 Å². The molecule has 0 aromatic carbocycles. The molecule has 0 aliphatic rings. The first-order chi connectivity index (χ1) is 24.1. The molecule has 294 valence electrons. The number of hydrogen-bond acceptors (Lipinski definition) is 4. The maximum Gasteiger partial charge on any atom is 0.220 e. The summed E-state index contributed by atoms with van der Waals surface area (Å²) in [5.41, 5.74) is 0. The number of nitrogens with one attached hydrogen (secondary N) is 1. The van der Waals surface area contributed by atoms with Crippen LogP contribution in [-0.2, 0) is 4.79 Å². The first-order valence-electron chi connectivity index (χ1n) is 22.3. The average Bonchev–Trinajstić information content (AvgIpc) is 3.10. The standard InChI is InChI=1S/C44H89NO4/c1-3-5-7-9-11-13-15-17-18-19-20-21-22-23-24-25-26-27-29-31-33-35-37-39-43(48)45-41(40-46)44(49)42(47)38-36-34-32-30-28-16-14-12-10-8-6-4-2/h41-42,44,46-47,49H,3-40H2,1-2H3,(H,45,48)/t41-,42?,44+/m1/s1. The summed E-state index contributed by atoms with van der Waals surface area (Å²) in [6.07, 6.45) is 45.0. The van der Waals surface area contributed by atoms with Gasteiger partial charge in [-0.3, -0.25) is 4.79 Å². The summed E-state index contributed by atoms with van der Waals surface area (Å²) >= 11 is 0. The predicted molar refractivity (Wildman–Crippen MR) is 213 cm³/mol. The number of carbonyl (C=O) groups excluding carboxylic acids is 1. The molecule has 0 aliphatic heterocycles. The number of unbranched alkanes of at least 4 members (excludes halogenated alkanes) is 33. The van der Waals surface area contributed by atoms with Crippen LogP contribution in [0.2, 0.25) is 0 Å². The highest BCUT2D eigenvalue weighted by atomic mass is 16.3. The molecule has 49 heavy (non-hydrogen) atoms. The van der Waals surface area contributed by atoms with Crippen LogP contribution < -0.4 is 5.32 Å². The lowest BCUT2D eigenvalue weighted by Gasteiger charge is -2.26. The van der Waals surface area contributed by atoms with Crippen molar-refractivity contribution in [1.29, 1.82) is 0 Å². The number of hydrogen-bond donors (Lipinski definition) is 4. The Labute approximate surface area is 307 Å². The van der Waals surface area contributed by atoms with Crippen LogP contribution in [0, 0.1) is 0 Å². The van der Waals surface area contributed by atoms with Crippen LogP contribution in [0.4, 0.5) is 0 Å². The van der Waals surface area contributed by atoms with Gasteiger partial charge in [-0.15, -0.1) is 0 Å². The largest absolute Gasteiger partial charge is 0.394 e. The van der Waals surface area contributed by atoms with Crippen LogP contribution >= 0.6 is 0 Å². The van der Waals surface area contributed by atoms with E-state index in [1.165, 1.54) is 193 Å². The van der Waals surface area contributed by atoms with E-state index in [0.29, 0.717) is 12.8 Å². The van der Waals surface area contributed by atoms with Crippen LogP contribution in [0.3, 0.4) is 0 Å². The summed E-state index contributed by atoms with van der Waals surface area (Å²) in [6, 6.07) is -0.802. The minimum Gasteiger partial charge on any atom is -0.394 e. The molecule has 0 aromatic rings. The number of aliphatic hydroxyl groups excluding tert-OH is 3. The third kappa shape index (κ3) is 35.5. The van der Waals surface area contributed by atoms with Gasteiger partial charge in [0.25, 0.3) is 0 Å². The van der Waals surface area contributed by atoms with Gasteiger partial charge in [-0.05, 0) is 12.8 Å². The fourth-order valence-corrected chi connectivity index (χ4v) is 7.22. The third-order valence-corrected chi connectivity index (χ3v) is 10.7. The molecule has 3 atom stereocenters. The van der Waals surface area contributed by atoms with Crippen molar-refractivity contribution in [3.05, 3.63) is 0 Å². The number of rotatable bonds is 41. The summed E-state index contributed by atoms with van der Waals surface area (Å²) < 4.78 is 0. The molecule has 0 fully saturated rings. The van der Waals surface area contributed by atoms with Gasteiger partial charge < -0.3 is 20.6 Å². The van der Waals surface area contributed by atoms with E-state index in [4.69, 9.17) is 0 Å². The van der Waals surface area contributed by atoms with Gasteiger partial charge in [0.05, 0.1) is 18.8 Å². The minimum absolute atomic E-state index is 0.140. The molecular weight excluding hydrogens is 606 g/mol. The fraction of sp³-hybridized carbons (Fsp3) is 0.977. The van der Waals surface area contributed by atoms with Crippen molar-refractivity contribution in [2.75, 3.05) is 6.61 Å².